The summed E-state index contributed by atoms with van der Waals surface area (Å²) >= 11 is 0. The van der Waals surface area contributed by atoms with Gasteiger partial charge in [-0.05, 0) is 28.9 Å². The summed E-state index contributed by atoms with van der Waals surface area (Å²) in [6.07, 6.45) is 1.69. The second kappa shape index (κ2) is 5.63. The van der Waals surface area contributed by atoms with Crippen molar-refractivity contribution in [3.63, 3.8) is 0 Å². The monoisotopic (exact) mass is 311 g/mol. The molecule has 0 spiro atoms. The lowest BCUT2D eigenvalue weighted by molar-refractivity contribution is -0.122. The van der Waals surface area contributed by atoms with E-state index in [-0.39, 0.29) is 23.0 Å². The highest BCUT2D eigenvalue weighted by molar-refractivity contribution is 6.02. The third-order valence-electron chi connectivity index (χ3n) is 4.95. The van der Waals surface area contributed by atoms with Gasteiger partial charge in [-0.25, -0.2) is 0 Å². The van der Waals surface area contributed by atoms with Crippen molar-refractivity contribution in [2.75, 3.05) is 0 Å². The van der Waals surface area contributed by atoms with E-state index in [1.807, 2.05) is 0 Å². The maximum Gasteiger partial charge on any atom is 0.225 e. The molecule has 1 N–H and O–H groups in total. The Morgan fingerprint density at radius 3 is 2.35 bits per heavy atom. The first-order chi connectivity index (χ1) is 10.8. The molecule has 1 aliphatic carbocycles. The van der Waals surface area contributed by atoms with Gasteiger partial charge in [0.05, 0.1) is 0 Å². The molecule has 1 aliphatic heterocycles. The quantitative estimate of drug-likeness (QED) is 0.895. The average molecular weight is 311 g/mol. The molecule has 122 valence electrons. The molecule has 0 aromatic heterocycles. The fraction of sp³-hybridized carbons (Fsp3) is 0.500. The zero-order valence-corrected chi connectivity index (χ0v) is 14.4. The molecule has 0 bridgehead atoms. The Bertz CT molecular complexity index is 680. The maximum absolute atomic E-state index is 12.7. The summed E-state index contributed by atoms with van der Waals surface area (Å²) in [5.74, 6) is 0.593. The van der Waals surface area contributed by atoms with E-state index in [9.17, 15) is 9.59 Å². The highest BCUT2D eigenvalue weighted by Crippen LogP contribution is 2.43. The van der Waals surface area contributed by atoms with Crippen LogP contribution in [0.4, 0.5) is 0 Å². The Balaban J connectivity index is 2.01. The van der Waals surface area contributed by atoms with Crippen LogP contribution in [0.3, 0.4) is 0 Å². The van der Waals surface area contributed by atoms with Crippen LogP contribution >= 0.6 is 0 Å². The lowest BCUT2D eigenvalue weighted by atomic mass is 9.70. The summed E-state index contributed by atoms with van der Waals surface area (Å²) in [5.41, 5.74) is 3.96. The standard InChI is InChI=1S/C20H25NO2/c1-12(2)13-5-7-14(8-6-13)15-9-18(23)21-16-10-20(3,4)11-17(22)19(15)16/h5-8,12,15H,9-11H2,1-4H3,(H,21,23)/t15-/m1/s1. The van der Waals surface area contributed by atoms with Crippen molar-refractivity contribution in [1.82, 2.24) is 5.32 Å². The molecule has 3 rings (SSSR count). The number of rotatable bonds is 2. The summed E-state index contributed by atoms with van der Waals surface area (Å²) in [7, 11) is 0. The van der Waals surface area contributed by atoms with Crippen LogP contribution in [0, 0.1) is 5.41 Å². The normalized spacial score (nSPS) is 23.8. The molecular weight excluding hydrogens is 286 g/mol. The van der Waals surface area contributed by atoms with Gasteiger partial charge in [0.15, 0.2) is 5.78 Å². The van der Waals surface area contributed by atoms with E-state index in [2.05, 4.69) is 57.3 Å². The van der Waals surface area contributed by atoms with Gasteiger partial charge in [0.2, 0.25) is 5.91 Å². The van der Waals surface area contributed by atoms with Crippen LogP contribution in [-0.2, 0) is 9.59 Å². The van der Waals surface area contributed by atoms with Gasteiger partial charge in [-0.15, -0.1) is 0 Å². The summed E-state index contributed by atoms with van der Waals surface area (Å²) < 4.78 is 0. The van der Waals surface area contributed by atoms with Gasteiger partial charge in [-0.1, -0.05) is 52.0 Å². The van der Waals surface area contributed by atoms with Gasteiger partial charge in [0.1, 0.15) is 0 Å². The highest BCUT2D eigenvalue weighted by Gasteiger charge is 2.40. The Morgan fingerprint density at radius 1 is 1.09 bits per heavy atom. The third-order valence-corrected chi connectivity index (χ3v) is 4.95. The van der Waals surface area contributed by atoms with E-state index in [1.54, 1.807) is 0 Å². The predicted octanol–water partition coefficient (Wildman–Crippen LogP) is 4.06. The van der Waals surface area contributed by atoms with Gasteiger partial charge >= 0.3 is 0 Å². The van der Waals surface area contributed by atoms with Crippen LogP contribution in [0.5, 0.6) is 0 Å². The number of carbonyl (C=O) groups excluding carboxylic acids is 2. The minimum Gasteiger partial charge on any atom is -0.329 e. The van der Waals surface area contributed by atoms with Crippen molar-refractivity contribution in [1.29, 1.82) is 0 Å². The smallest absolute Gasteiger partial charge is 0.225 e. The zero-order valence-electron chi connectivity index (χ0n) is 14.4. The molecule has 1 aromatic rings. The number of nitrogens with one attached hydrogen (secondary N) is 1. The molecule has 2 aliphatic rings. The van der Waals surface area contributed by atoms with Crippen LogP contribution in [0.2, 0.25) is 0 Å². The lowest BCUT2D eigenvalue weighted by Gasteiger charge is -2.37. The summed E-state index contributed by atoms with van der Waals surface area (Å²) in [6.45, 7) is 8.50. The first kappa shape index (κ1) is 16.0. The number of carbonyl (C=O) groups is 2. The maximum atomic E-state index is 12.7. The van der Waals surface area contributed by atoms with Crippen molar-refractivity contribution < 1.29 is 9.59 Å². The number of allylic oxidation sites excluding steroid dienone is 2. The van der Waals surface area contributed by atoms with E-state index in [0.717, 1.165) is 23.3 Å². The van der Waals surface area contributed by atoms with E-state index in [0.29, 0.717) is 18.8 Å². The molecule has 0 unspecified atom stereocenters. The molecule has 0 saturated heterocycles. The van der Waals surface area contributed by atoms with Gasteiger partial charge in [-0.2, -0.15) is 0 Å². The molecular formula is C20H25NO2. The lowest BCUT2D eigenvalue weighted by Crippen LogP contribution is -2.40. The van der Waals surface area contributed by atoms with Crippen LogP contribution in [0.25, 0.3) is 0 Å². The number of hydrogen-bond acceptors (Lipinski definition) is 2. The van der Waals surface area contributed by atoms with Crippen molar-refractivity contribution in [2.24, 2.45) is 5.41 Å². The molecule has 23 heavy (non-hydrogen) atoms. The number of benzene rings is 1. The molecule has 3 nitrogen and oxygen atoms in total. The van der Waals surface area contributed by atoms with Crippen molar-refractivity contribution in [2.45, 2.75) is 58.8 Å². The summed E-state index contributed by atoms with van der Waals surface area (Å²) in [4.78, 5) is 24.8. The molecule has 1 aromatic carbocycles. The van der Waals surface area contributed by atoms with E-state index < -0.39 is 0 Å². The Morgan fingerprint density at radius 2 is 1.74 bits per heavy atom. The average Bonchev–Trinajstić information content (AvgIpc) is 2.44. The van der Waals surface area contributed by atoms with Gasteiger partial charge in [0.25, 0.3) is 0 Å². The molecule has 1 atom stereocenters. The first-order valence-electron chi connectivity index (χ1n) is 8.43. The fourth-order valence-electron chi connectivity index (χ4n) is 3.76. The highest BCUT2D eigenvalue weighted by atomic mass is 16.2. The van der Waals surface area contributed by atoms with Crippen LogP contribution in [0.1, 0.15) is 69.9 Å². The van der Waals surface area contributed by atoms with Gasteiger partial charge < -0.3 is 5.32 Å². The van der Waals surface area contributed by atoms with Crippen LogP contribution in [-0.4, -0.2) is 11.7 Å². The Labute approximate surface area is 138 Å². The Hall–Kier alpha value is -1.90. The van der Waals surface area contributed by atoms with Crippen molar-refractivity contribution in [3.05, 3.63) is 46.7 Å². The molecule has 0 fully saturated rings. The first-order valence-corrected chi connectivity index (χ1v) is 8.43. The van der Waals surface area contributed by atoms with Crippen LogP contribution < -0.4 is 5.32 Å². The number of Topliss-reactive ketones (excluding diaryl/α,β-unsaturated/α-hetero) is 1. The molecule has 3 heteroatoms. The van der Waals surface area contributed by atoms with Crippen molar-refractivity contribution in [3.8, 4) is 0 Å². The van der Waals surface area contributed by atoms with Crippen molar-refractivity contribution >= 4 is 11.7 Å². The second-order valence-electron chi connectivity index (χ2n) is 7.96. The topological polar surface area (TPSA) is 46.2 Å². The summed E-state index contributed by atoms with van der Waals surface area (Å²) in [6, 6.07) is 8.39. The fourth-order valence-corrected chi connectivity index (χ4v) is 3.76. The minimum atomic E-state index is -0.0939. The predicted molar refractivity (Wildman–Crippen MR) is 91.1 cm³/mol. The van der Waals surface area contributed by atoms with Gasteiger partial charge in [0, 0.05) is 30.0 Å². The van der Waals surface area contributed by atoms with E-state index in [4.69, 9.17) is 0 Å². The number of amides is 1. The molecule has 0 radical (unpaired) electrons. The van der Waals surface area contributed by atoms with Crippen LogP contribution in [0.15, 0.2) is 35.5 Å². The van der Waals surface area contributed by atoms with Gasteiger partial charge in [-0.3, -0.25) is 9.59 Å². The second-order valence-corrected chi connectivity index (χ2v) is 7.96. The number of ketones is 1. The minimum absolute atomic E-state index is 0.0205. The zero-order chi connectivity index (χ0) is 16.8. The third kappa shape index (κ3) is 3.10. The summed E-state index contributed by atoms with van der Waals surface area (Å²) in [5, 5.41) is 2.95. The SMILES string of the molecule is CC(C)c1ccc([C@H]2CC(=O)NC3=C2C(=O)CC(C)(C)C3)cc1. The Kier molecular flexibility index (Phi) is 3.91. The largest absolute Gasteiger partial charge is 0.329 e. The van der Waals surface area contributed by atoms with E-state index in [1.165, 1.54) is 5.56 Å². The molecule has 1 amide bonds. The number of hydrogen-bond donors (Lipinski definition) is 1. The molecule has 1 heterocycles. The molecule has 0 saturated carbocycles. The van der Waals surface area contributed by atoms with E-state index >= 15 is 0 Å².